The Labute approximate surface area is 253 Å². The van der Waals surface area contributed by atoms with Gasteiger partial charge in [-0.2, -0.15) is 5.10 Å². The summed E-state index contributed by atoms with van der Waals surface area (Å²) in [7, 11) is 1.58. The summed E-state index contributed by atoms with van der Waals surface area (Å²) in [6, 6.07) is 16.3. The maximum absolute atomic E-state index is 12.9. The third kappa shape index (κ3) is 6.34. The summed E-state index contributed by atoms with van der Waals surface area (Å²) >= 11 is 12.8. The number of pyridine rings is 1. The molecule has 1 aliphatic rings. The number of carbonyl (C=O) groups is 1. The van der Waals surface area contributed by atoms with Crippen molar-refractivity contribution in [3.05, 3.63) is 91.8 Å². The number of amides is 1. The smallest absolute Gasteiger partial charge is 0.277 e. The number of anilines is 1. The van der Waals surface area contributed by atoms with Crippen LogP contribution in [0.4, 0.5) is 5.69 Å². The van der Waals surface area contributed by atoms with Gasteiger partial charge in [-0.15, -0.1) is 0 Å². The molecule has 1 amide bonds. The van der Waals surface area contributed by atoms with Crippen molar-refractivity contribution in [3.8, 4) is 28.3 Å². The Balaban J connectivity index is 1.41. The minimum absolute atomic E-state index is 0.00590. The van der Waals surface area contributed by atoms with Crippen LogP contribution in [0.3, 0.4) is 0 Å². The van der Waals surface area contributed by atoms with E-state index in [1.54, 1.807) is 19.2 Å². The van der Waals surface area contributed by atoms with Crippen LogP contribution in [0.15, 0.2) is 59.4 Å². The van der Waals surface area contributed by atoms with E-state index in [1.807, 2.05) is 43.3 Å². The number of aromatic amines is 1. The summed E-state index contributed by atoms with van der Waals surface area (Å²) in [5, 5.41) is 22.8. The average molecular weight is 609 g/mol. The topological polar surface area (TPSA) is 129 Å². The Hall–Kier alpha value is -3.76. The number of methoxy groups -OCH3 is 1. The monoisotopic (exact) mass is 607 g/mol. The van der Waals surface area contributed by atoms with Crippen molar-refractivity contribution in [3.63, 3.8) is 0 Å². The molecule has 0 radical (unpaired) electrons. The lowest BCUT2D eigenvalue weighted by Gasteiger charge is -2.28. The van der Waals surface area contributed by atoms with E-state index in [0.717, 1.165) is 53.5 Å². The summed E-state index contributed by atoms with van der Waals surface area (Å²) in [5.74, 6) is -0.122. The number of nitrogens with one attached hydrogen (secondary N) is 3. The number of ether oxygens (including phenoxy) is 1. The normalized spacial score (nSPS) is 16.7. The molecular formula is C31H31Cl2N5O4. The molecule has 11 heteroatoms. The van der Waals surface area contributed by atoms with Crippen LogP contribution in [0.1, 0.15) is 47.2 Å². The van der Waals surface area contributed by atoms with E-state index in [2.05, 4.69) is 20.8 Å². The molecule has 1 saturated carbocycles. The highest BCUT2D eigenvalue weighted by Crippen LogP contribution is 2.39. The van der Waals surface area contributed by atoms with E-state index < -0.39 is 11.5 Å². The summed E-state index contributed by atoms with van der Waals surface area (Å²) in [6.45, 7) is 2.39. The number of nitrogens with zero attached hydrogens (tertiary/aromatic N) is 2. The maximum atomic E-state index is 12.9. The quantitative estimate of drug-likeness (QED) is 0.200. The molecule has 0 spiro atoms. The average Bonchev–Trinajstić information content (AvgIpc) is 2.99. The Morgan fingerprint density at radius 2 is 1.81 bits per heavy atom. The molecule has 0 unspecified atom stereocenters. The van der Waals surface area contributed by atoms with Crippen molar-refractivity contribution in [2.45, 2.75) is 51.3 Å². The highest BCUT2D eigenvalue weighted by atomic mass is 35.5. The van der Waals surface area contributed by atoms with Crippen molar-refractivity contribution in [2.75, 3.05) is 12.4 Å². The van der Waals surface area contributed by atoms with Crippen LogP contribution in [0.25, 0.3) is 22.4 Å². The van der Waals surface area contributed by atoms with Crippen LogP contribution in [0.5, 0.6) is 5.88 Å². The Morgan fingerprint density at radius 1 is 1.07 bits per heavy atom. The highest BCUT2D eigenvalue weighted by Gasteiger charge is 2.23. The lowest BCUT2D eigenvalue weighted by molar-refractivity contribution is 0.0901. The van der Waals surface area contributed by atoms with Gasteiger partial charge in [0.25, 0.3) is 11.5 Å². The number of halogens is 2. The Kier molecular flexibility index (Phi) is 9.23. The van der Waals surface area contributed by atoms with Gasteiger partial charge in [-0.25, -0.2) is 10.1 Å². The van der Waals surface area contributed by atoms with Crippen LogP contribution in [0, 0.1) is 6.92 Å². The lowest BCUT2D eigenvalue weighted by atomic mass is 9.92. The van der Waals surface area contributed by atoms with Gasteiger partial charge < -0.3 is 20.5 Å². The van der Waals surface area contributed by atoms with Gasteiger partial charge in [0.1, 0.15) is 10.7 Å². The Morgan fingerprint density at radius 3 is 2.60 bits per heavy atom. The second-order valence-electron chi connectivity index (χ2n) is 10.2. The van der Waals surface area contributed by atoms with Gasteiger partial charge in [-0.3, -0.25) is 9.59 Å². The van der Waals surface area contributed by atoms with Crippen molar-refractivity contribution in [1.29, 1.82) is 0 Å². The molecule has 218 valence electrons. The predicted molar refractivity (Wildman–Crippen MR) is 164 cm³/mol. The first-order valence-electron chi connectivity index (χ1n) is 13.7. The summed E-state index contributed by atoms with van der Waals surface area (Å²) in [6.07, 6.45) is 3.57. The van der Waals surface area contributed by atoms with E-state index in [9.17, 15) is 14.7 Å². The number of carbonyl (C=O) groups excluding carboxylic acids is 1. The van der Waals surface area contributed by atoms with Gasteiger partial charge in [-0.1, -0.05) is 72.4 Å². The standard InChI is InChI=1S/C31H31Cl2N5O4/c1-17-19(7-6-11-23(17)35-29(40)22-15-27(32)37-38-30(22)41)20-8-5-9-21(28(20)33)24-14-13-18(31(36-24)42-2)16-34-25-10-3-4-12-26(25)39/h5-9,11,13-15,25-26,34,39H,3-4,10,12,16H2,1-2H3,(H,35,40)(H,38,41)/t25-,26+/m1/s1. The Bertz CT molecular complexity index is 1680. The van der Waals surface area contributed by atoms with Gasteiger partial charge in [0.15, 0.2) is 0 Å². The summed E-state index contributed by atoms with van der Waals surface area (Å²) in [4.78, 5) is 29.7. The van der Waals surface area contributed by atoms with Crippen molar-refractivity contribution in [1.82, 2.24) is 20.5 Å². The fourth-order valence-electron chi connectivity index (χ4n) is 5.26. The number of aliphatic hydroxyl groups excluding tert-OH is 1. The fraction of sp³-hybridized carbons (Fsp3) is 0.290. The molecule has 9 nitrogen and oxygen atoms in total. The molecule has 0 bridgehead atoms. The van der Waals surface area contributed by atoms with Gasteiger partial charge in [0.05, 0.1) is 23.9 Å². The van der Waals surface area contributed by atoms with Gasteiger partial charge >= 0.3 is 0 Å². The molecule has 2 aromatic carbocycles. The first-order chi connectivity index (χ1) is 20.3. The molecule has 1 aliphatic carbocycles. The largest absolute Gasteiger partial charge is 0.481 e. The van der Waals surface area contributed by atoms with Crippen molar-refractivity contribution >= 4 is 34.8 Å². The van der Waals surface area contributed by atoms with Crippen LogP contribution in [-0.4, -0.2) is 45.5 Å². The zero-order valence-electron chi connectivity index (χ0n) is 23.2. The molecular weight excluding hydrogens is 577 g/mol. The van der Waals surface area contributed by atoms with Gasteiger partial charge in [0, 0.05) is 35.0 Å². The van der Waals surface area contributed by atoms with Crippen LogP contribution >= 0.6 is 23.2 Å². The second-order valence-corrected chi connectivity index (χ2v) is 11.0. The molecule has 2 aromatic heterocycles. The molecule has 4 N–H and O–H groups in total. The number of hydrogen-bond acceptors (Lipinski definition) is 7. The molecule has 4 aromatic rings. The predicted octanol–water partition coefficient (Wildman–Crippen LogP) is 5.77. The van der Waals surface area contributed by atoms with Gasteiger partial charge in [-0.05, 0) is 49.1 Å². The van der Waals surface area contributed by atoms with Crippen LogP contribution in [0.2, 0.25) is 10.2 Å². The third-order valence-corrected chi connectivity index (χ3v) is 8.18. The van der Waals surface area contributed by atoms with E-state index in [1.165, 1.54) is 6.07 Å². The number of hydrogen-bond donors (Lipinski definition) is 4. The second kappa shape index (κ2) is 13.0. The molecule has 0 aliphatic heterocycles. The third-order valence-electron chi connectivity index (χ3n) is 7.58. The zero-order valence-corrected chi connectivity index (χ0v) is 24.7. The fourth-order valence-corrected chi connectivity index (χ4v) is 5.74. The zero-order chi connectivity index (χ0) is 29.8. The minimum atomic E-state index is -0.641. The molecule has 2 heterocycles. The molecule has 5 rings (SSSR count). The van der Waals surface area contributed by atoms with Crippen molar-refractivity contribution in [2.24, 2.45) is 0 Å². The minimum Gasteiger partial charge on any atom is -0.481 e. The SMILES string of the molecule is COc1nc(-c2cccc(-c3cccc(NC(=O)c4cc(Cl)n[nH]c4=O)c3C)c2Cl)ccc1CN[C@@H]1CCCC[C@@H]1O. The number of rotatable bonds is 8. The number of H-pyrrole nitrogens is 1. The number of aromatic nitrogens is 3. The van der Waals surface area contributed by atoms with Gasteiger partial charge in [0.2, 0.25) is 5.88 Å². The maximum Gasteiger partial charge on any atom is 0.277 e. The number of aliphatic hydroxyl groups is 1. The summed E-state index contributed by atoms with van der Waals surface area (Å²) < 4.78 is 5.62. The van der Waals surface area contributed by atoms with Crippen LogP contribution < -0.4 is 20.9 Å². The van der Waals surface area contributed by atoms with Crippen molar-refractivity contribution < 1.29 is 14.6 Å². The van der Waals surface area contributed by atoms with E-state index in [-0.39, 0.29) is 22.9 Å². The molecule has 2 atom stereocenters. The highest BCUT2D eigenvalue weighted by molar-refractivity contribution is 6.36. The molecule has 1 fully saturated rings. The summed E-state index contributed by atoms with van der Waals surface area (Å²) in [5.41, 5.74) is 4.32. The van der Waals surface area contributed by atoms with E-state index in [4.69, 9.17) is 32.9 Å². The first-order valence-corrected chi connectivity index (χ1v) is 14.4. The molecule has 42 heavy (non-hydrogen) atoms. The van der Waals surface area contributed by atoms with Crippen LogP contribution in [-0.2, 0) is 6.54 Å². The first kappa shape index (κ1) is 29.7. The van der Waals surface area contributed by atoms with E-state index in [0.29, 0.717) is 28.8 Å². The number of benzene rings is 2. The van der Waals surface area contributed by atoms with E-state index >= 15 is 0 Å². The lowest BCUT2D eigenvalue weighted by Crippen LogP contribution is -2.41. The molecule has 0 saturated heterocycles.